The van der Waals surface area contributed by atoms with Crippen molar-refractivity contribution < 1.29 is 0 Å². The lowest BCUT2D eigenvalue weighted by molar-refractivity contribution is 0.315. The van der Waals surface area contributed by atoms with Crippen LogP contribution in [0.3, 0.4) is 0 Å². The Bertz CT molecular complexity index is 319. The molecule has 0 bridgehead atoms. The first kappa shape index (κ1) is 11.6. The number of aryl methyl sites for hydroxylation is 1. The Balaban J connectivity index is 2.07. The number of nitrogens with zero attached hydrogens (tertiary/aromatic N) is 2. The zero-order valence-electron chi connectivity index (χ0n) is 10.4. The molecule has 3 heteroatoms. The van der Waals surface area contributed by atoms with Gasteiger partial charge in [0.1, 0.15) is 5.82 Å². The van der Waals surface area contributed by atoms with Crippen molar-refractivity contribution in [1.82, 2.24) is 14.9 Å². The minimum atomic E-state index is 0.611. The number of hydrogen-bond acceptors (Lipinski definition) is 2. The smallest absolute Gasteiger partial charge is 0.113 e. The van der Waals surface area contributed by atoms with E-state index in [0.29, 0.717) is 12.0 Å². The fraction of sp³-hybridized carbons (Fsp3) is 0.769. The first-order valence-electron chi connectivity index (χ1n) is 6.53. The topological polar surface area (TPSA) is 29.9 Å². The van der Waals surface area contributed by atoms with E-state index < -0.39 is 0 Å². The van der Waals surface area contributed by atoms with Gasteiger partial charge in [-0.05, 0) is 25.8 Å². The van der Waals surface area contributed by atoms with Crippen molar-refractivity contribution in [1.29, 1.82) is 0 Å². The van der Waals surface area contributed by atoms with Crippen molar-refractivity contribution in [2.24, 2.45) is 7.05 Å². The molecule has 0 aliphatic heterocycles. The summed E-state index contributed by atoms with van der Waals surface area (Å²) in [7, 11) is 2.10. The van der Waals surface area contributed by atoms with Crippen LogP contribution in [0.4, 0.5) is 0 Å². The van der Waals surface area contributed by atoms with E-state index in [9.17, 15) is 0 Å². The maximum Gasteiger partial charge on any atom is 0.113 e. The van der Waals surface area contributed by atoms with E-state index in [4.69, 9.17) is 0 Å². The number of rotatable bonds is 4. The third kappa shape index (κ3) is 2.46. The monoisotopic (exact) mass is 221 g/mol. The van der Waals surface area contributed by atoms with Gasteiger partial charge in [0.25, 0.3) is 0 Å². The van der Waals surface area contributed by atoms with Crippen LogP contribution >= 0.6 is 0 Å². The van der Waals surface area contributed by atoms with Gasteiger partial charge in [0.15, 0.2) is 0 Å². The molecule has 3 nitrogen and oxygen atoms in total. The number of nitrogens with one attached hydrogen (secondary N) is 1. The SMILES string of the molecule is CCCNC1CCCCC1c1nccn1C. The highest BCUT2D eigenvalue weighted by atomic mass is 15.1. The van der Waals surface area contributed by atoms with Crippen LogP contribution in [-0.4, -0.2) is 22.1 Å². The average Bonchev–Trinajstić information content (AvgIpc) is 2.73. The molecular formula is C13H23N3. The largest absolute Gasteiger partial charge is 0.338 e. The van der Waals surface area contributed by atoms with Gasteiger partial charge >= 0.3 is 0 Å². The number of aromatic nitrogens is 2. The molecule has 1 aliphatic carbocycles. The van der Waals surface area contributed by atoms with E-state index in [2.05, 4.69) is 35.0 Å². The van der Waals surface area contributed by atoms with Crippen LogP contribution in [0.1, 0.15) is 50.8 Å². The second-order valence-electron chi connectivity index (χ2n) is 4.85. The number of hydrogen-bond donors (Lipinski definition) is 1. The van der Waals surface area contributed by atoms with E-state index >= 15 is 0 Å². The van der Waals surface area contributed by atoms with Crippen molar-refractivity contribution >= 4 is 0 Å². The quantitative estimate of drug-likeness (QED) is 0.846. The fourth-order valence-electron chi connectivity index (χ4n) is 2.75. The third-order valence-electron chi connectivity index (χ3n) is 3.61. The van der Waals surface area contributed by atoms with Gasteiger partial charge in [0, 0.05) is 31.4 Å². The zero-order valence-corrected chi connectivity index (χ0v) is 10.4. The molecule has 0 saturated heterocycles. The summed E-state index contributed by atoms with van der Waals surface area (Å²) >= 11 is 0. The van der Waals surface area contributed by atoms with Crippen molar-refractivity contribution in [2.75, 3.05) is 6.54 Å². The predicted molar refractivity (Wildman–Crippen MR) is 66.5 cm³/mol. The molecular weight excluding hydrogens is 198 g/mol. The second-order valence-corrected chi connectivity index (χ2v) is 4.85. The van der Waals surface area contributed by atoms with E-state index in [-0.39, 0.29) is 0 Å². The molecule has 1 aromatic heterocycles. The Morgan fingerprint density at radius 1 is 1.44 bits per heavy atom. The van der Waals surface area contributed by atoms with Gasteiger partial charge in [-0.2, -0.15) is 0 Å². The minimum Gasteiger partial charge on any atom is -0.338 e. The van der Waals surface area contributed by atoms with Gasteiger partial charge in [0.2, 0.25) is 0 Å². The summed E-state index contributed by atoms with van der Waals surface area (Å²) in [5, 5.41) is 3.68. The first-order chi connectivity index (χ1) is 7.83. The van der Waals surface area contributed by atoms with Crippen LogP contribution in [-0.2, 0) is 7.05 Å². The van der Waals surface area contributed by atoms with Crippen molar-refractivity contribution in [3.63, 3.8) is 0 Å². The normalized spacial score (nSPS) is 25.9. The van der Waals surface area contributed by atoms with E-state index in [1.807, 2.05) is 6.20 Å². The fourth-order valence-corrected chi connectivity index (χ4v) is 2.75. The number of imidazole rings is 1. The third-order valence-corrected chi connectivity index (χ3v) is 3.61. The summed E-state index contributed by atoms with van der Waals surface area (Å²) in [4.78, 5) is 4.52. The lowest BCUT2D eigenvalue weighted by Gasteiger charge is -2.31. The van der Waals surface area contributed by atoms with Crippen LogP contribution in [0, 0.1) is 0 Å². The molecule has 1 N–H and O–H groups in total. The molecule has 0 spiro atoms. The second kappa shape index (κ2) is 5.48. The summed E-state index contributed by atoms with van der Waals surface area (Å²) < 4.78 is 2.18. The van der Waals surface area contributed by atoms with Gasteiger partial charge in [0.05, 0.1) is 0 Å². The van der Waals surface area contributed by atoms with Gasteiger partial charge in [-0.15, -0.1) is 0 Å². The Hall–Kier alpha value is -0.830. The summed E-state index contributed by atoms with van der Waals surface area (Å²) in [6.45, 7) is 3.36. The zero-order chi connectivity index (χ0) is 11.4. The van der Waals surface area contributed by atoms with Crippen LogP contribution in [0.25, 0.3) is 0 Å². The molecule has 1 heterocycles. The maximum absolute atomic E-state index is 4.52. The molecule has 0 radical (unpaired) electrons. The molecule has 0 amide bonds. The lowest BCUT2D eigenvalue weighted by Crippen LogP contribution is -2.38. The Morgan fingerprint density at radius 2 is 2.25 bits per heavy atom. The molecule has 2 rings (SSSR count). The Kier molecular flexibility index (Phi) is 3.99. The molecule has 1 aliphatic rings. The van der Waals surface area contributed by atoms with Crippen molar-refractivity contribution in [2.45, 2.75) is 51.0 Å². The van der Waals surface area contributed by atoms with E-state index in [1.165, 1.54) is 37.9 Å². The van der Waals surface area contributed by atoms with E-state index in [1.54, 1.807) is 0 Å². The lowest BCUT2D eigenvalue weighted by atomic mass is 9.83. The molecule has 2 unspecified atom stereocenters. The highest BCUT2D eigenvalue weighted by Gasteiger charge is 2.28. The van der Waals surface area contributed by atoms with Crippen LogP contribution in [0.2, 0.25) is 0 Å². The van der Waals surface area contributed by atoms with Gasteiger partial charge in [-0.3, -0.25) is 0 Å². The first-order valence-corrected chi connectivity index (χ1v) is 6.53. The molecule has 1 fully saturated rings. The summed E-state index contributed by atoms with van der Waals surface area (Å²) in [5.41, 5.74) is 0. The van der Waals surface area contributed by atoms with Gasteiger partial charge in [-0.25, -0.2) is 4.98 Å². The minimum absolute atomic E-state index is 0.611. The highest BCUT2D eigenvalue weighted by Crippen LogP contribution is 2.31. The Morgan fingerprint density at radius 3 is 2.94 bits per heavy atom. The van der Waals surface area contributed by atoms with Gasteiger partial charge in [-0.1, -0.05) is 19.8 Å². The molecule has 90 valence electrons. The molecule has 1 aromatic rings. The van der Waals surface area contributed by atoms with Crippen molar-refractivity contribution in [3.8, 4) is 0 Å². The maximum atomic E-state index is 4.52. The van der Waals surface area contributed by atoms with Crippen molar-refractivity contribution in [3.05, 3.63) is 18.2 Å². The Labute approximate surface area is 98.3 Å². The average molecular weight is 221 g/mol. The molecule has 0 aromatic carbocycles. The van der Waals surface area contributed by atoms with Gasteiger partial charge < -0.3 is 9.88 Å². The summed E-state index contributed by atoms with van der Waals surface area (Å²) in [6, 6.07) is 0.634. The predicted octanol–water partition coefficient (Wildman–Crippen LogP) is 2.45. The van der Waals surface area contributed by atoms with Crippen LogP contribution in [0.5, 0.6) is 0 Å². The molecule has 1 saturated carbocycles. The highest BCUT2D eigenvalue weighted by molar-refractivity contribution is 5.05. The molecule has 16 heavy (non-hydrogen) atoms. The van der Waals surface area contributed by atoms with Crippen LogP contribution < -0.4 is 5.32 Å². The standard InChI is InChI=1S/C13H23N3/c1-3-8-14-12-7-5-4-6-11(12)13-15-9-10-16(13)2/h9-12,14H,3-8H2,1-2H3. The summed E-state index contributed by atoms with van der Waals surface area (Å²) in [6.07, 6.45) is 10.5. The summed E-state index contributed by atoms with van der Waals surface area (Å²) in [5.74, 6) is 1.87. The van der Waals surface area contributed by atoms with Crippen LogP contribution in [0.15, 0.2) is 12.4 Å². The molecule has 2 atom stereocenters. The van der Waals surface area contributed by atoms with E-state index in [0.717, 1.165) is 6.54 Å².